The third-order valence-electron chi connectivity index (χ3n) is 6.29. The maximum atomic E-state index is 13.5. The number of allylic oxidation sites excluding steroid dienone is 2. The Bertz CT molecular complexity index is 1370. The van der Waals surface area contributed by atoms with Crippen molar-refractivity contribution in [3.8, 4) is 5.75 Å². The first-order valence-corrected chi connectivity index (χ1v) is 12.2. The minimum atomic E-state index is -1.51. The molecule has 2 atom stereocenters. The zero-order valence-electron chi connectivity index (χ0n) is 21.0. The zero-order valence-corrected chi connectivity index (χ0v) is 21.0. The fourth-order valence-electron chi connectivity index (χ4n) is 4.27. The molecule has 0 spiro atoms. The molecule has 192 valence electrons. The third kappa shape index (κ3) is 5.43. The van der Waals surface area contributed by atoms with Crippen LogP contribution in [0, 0.1) is 5.92 Å². The molecule has 0 fully saturated rings. The molecule has 0 saturated heterocycles. The number of ether oxygens (including phenoxy) is 1. The van der Waals surface area contributed by atoms with Crippen molar-refractivity contribution < 1.29 is 28.6 Å². The first-order valence-electron chi connectivity index (χ1n) is 12.2. The predicted molar refractivity (Wildman–Crippen MR) is 140 cm³/mol. The van der Waals surface area contributed by atoms with Crippen LogP contribution in [-0.2, 0) is 9.59 Å². The molecule has 0 aliphatic heterocycles. The molecule has 1 aromatic heterocycles. The second-order valence-corrected chi connectivity index (χ2v) is 9.24. The maximum Gasteiger partial charge on any atom is 0.326 e. The van der Waals surface area contributed by atoms with Gasteiger partial charge < -0.3 is 24.9 Å². The van der Waals surface area contributed by atoms with Gasteiger partial charge in [0.25, 0.3) is 11.8 Å². The van der Waals surface area contributed by atoms with Crippen molar-refractivity contribution in [2.75, 3.05) is 6.61 Å². The van der Waals surface area contributed by atoms with E-state index in [0.717, 1.165) is 11.1 Å². The number of carbonyl (C=O) groups excluding carboxylic acids is 2. The number of amides is 2. The van der Waals surface area contributed by atoms with E-state index < -0.39 is 29.4 Å². The summed E-state index contributed by atoms with van der Waals surface area (Å²) in [5, 5.41) is 15.7. The fourth-order valence-corrected chi connectivity index (χ4v) is 4.27. The van der Waals surface area contributed by atoms with E-state index in [0.29, 0.717) is 23.3 Å². The number of fused-ring (bicyclic) bond motifs is 1. The van der Waals surface area contributed by atoms with Crippen LogP contribution in [0.15, 0.2) is 77.2 Å². The lowest BCUT2D eigenvalue weighted by Crippen LogP contribution is -2.61. The van der Waals surface area contributed by atoms with E-state index in [1.807, 2.05) is 43.3 Å². The number of carboxylic acid groups (broad SMARTS) is 1. The SMILES string of the molecule is CCOc1cccc2cc(C(=O)NC3(C(=O)N[C@H](C(=O)O)C(C)C)C=CC(c4ccccc4)=CC3)oc12. The van der Waals surface area contributed by atoms with Gasteiger partial charge in [-0.15, -0.1) is 0 Å². The molecule has 8 heteroatoms. The van der Waals surface area contributed by atoms with Crippen LogP contribution in [0.2, 0.25) is 0 Å². The topological polar surface area (TPSA) is 118 Å². The number of hydrogen-bond acceptors (Lipinski definition) is 5. The third-order valence-corrected chi connectivity index (χ3v) is 6.29. The summed E-state index contributed by atoms with van der Waals surface area (Å²) in [5.74, 6) is -2.20. The molecule has 8 nitrogen and oxygen atoms in total. The summed E-state index contributed by atoms with van der Waals surface area (Å²) in [6, 6.07) is 15.5. The van der Waals surface area contributed by atoms with Crippen LogP contribution in [0.25, 0.3) is 16.5 Å². The van der Waals surface area contributed by atoms with Crippen LogP contribution in [0.3, 0.4) is 0 Å². The van der Waals surface area contributed by atoms with E-state index in [1.165, 1.54) is 0 Å². The molecular weight excluding hydrogens is 472 g/mol. The number of para-hydroxylation sites is 1. The number of hydrogen-bond donors (Lipinski definition) is 3. The minimum absolute atomic E-state index is 0.0132. The van der Waals surface area contributed by atoms with Crippen molar-refractivity contribution in [2.45, 2.75) is 38.8 Å². The molecule has 1 heterocycles. The van der Waals surface area contributed by atoms with E-state index in [2.05, 4.69) is 10.6 Å². The first-order chi connectivity index (χ1) is 17.7. The van der Waals surface area contributed by atoms with Crippen molar-refractivity contribution in [1.82, 2.24) is 10.6 Å². The maximum absolute atomic E-state index is 13.5. The normalized spacial score (nSPS) is 17.8. The van der Waals surface area contributed by atoms with Gasteiger partial charge in [0.2, 0.25) is 0 Å². The van der Waals surface area contributed by atoms with Gasteiger partial charge in [-0.2, -0.15) is 0 Å². The molecule has 4 rings (SSSR count). The Hall–Kier alpha value is -4.33. The highest BCUT2D eigenvalue weighted by Gasteiger charge is 2.41. The lowest BCUT2D eigenvalue weighted by atomic mass is 9.85. The minimum Gasteiger partial charge on any atom is -0.490 e. The smallest absolute Gasteiger partial charge is 0.326 e. The Labute approximate surface area is 215 Å². The molecule has 3 aromatic rings. The summed E-state index contributed by atoms with van der Waals surface area (Å²) in [6.45, 7) is 5.70. The molecular formula is C29H30N2O6. The lowest BCUT2D eigenvalue weighted by Gasteiger charge is -2.33. The lowest BCUT2D eigenvalue weighted by molar-refractivity contribution is -0.143. The highest BCUT2D eigenvalue weighted by molar-refractivity contribution is 6.03. The van der Waals surface area contributed by atoms with E-state index in [9.17, 15) is 19.5 Å². The van der Waals surface area contributed by atoms with Gasteiger partial charge in [0.15, 0.2) is 17.1 Å². The summed E-state index contributed by atoms with van der Waals surface area (Å²) < 4.78 is 11.4. The number of carbonyl (C=O) groups is 3. The van der Waals surface area contributed by atoms with Crippen LogP contribution >= 0.6 is 0 Å². The van der Waals surface area contributed by atoms with Gasteiger partial charge >= 0.3 is 5.97 Å². The average Bonchev–Trinajstić information content (AvgIpc) is 3.33. The highest BCUT2D eigenvalue weighted by Crippen LogP contribution is 2.31. The molecule has 2 amide bonds. The van der Waals surface area contributed by atoms with Crippen molar-refractivity contribution in [3.63, 3.8) is 0 Å². The molecule has 3 N–H and O–H groups in total. The second-order valence-electron chi connectivity index (χ2n) is 9.24. The fraction of sp³-hybridized carbons (Fsp3) is 0.276. The van der Waals surface area contributed by atoms with Crippen LogP contribution in [-0.4, -0.2) is 41.1 Å². The van der Waals surface area contributed by atoms with Crippen LogP contribution in [0.5, 0.6) is 5.75 Å². The standard InChI is InChI=1S/C29H30N2O6/c1-4-36-22-12-8-11-21-17-23(37-25(21)22)26(32)31-29(28(35)30-24(18(2)3)27(33)34)15-13-20(14-16-29)19-9-6-5-7-10-19/h5-15,17-18,24H,4,16H2,1-3H3,(H,30,35)(H,31,32)(H,33,34)/t24-,29?/m0/s1. The Balaban J connectivity index is 1.66. The van der Waals surface area contributed by atoms with Gasteiger partial charge in [-0.3, -0.25) is 9.59 Å². The Morgan fingerprint density at radius 3 is 2.49 bits per heavy atom. The molecule has 37 heavy (non-hydrogen) atoms. The Morgan fingerprint density at radius 2 is 1.86 bits per heavy atom. The van der Waals surface area contributed by atoms with Gasteiger partial charge in [-0.1, -0.05) is 68.5 Å². The Morgan fingerprint density at radius 1 is 1.11 bits per heavy atom. The number of benzene rings is 2. The highest BCUT2D eigenvalue weighted by atomic mass is 16.5. The quantitative estimate of drug-likeness (QED) is 0.395. The monoisotopic (exact) mass is 502 g/mol. The molecule has 1 aliphatic carbocycles. The zero-order chi connectivity index (χ0) is 26.6. The van der Waals surface area contributed by atoms with Gasteiger partial charge in [-0.05, 0) is 42.2 Å². The predicted octanol–water partition coefficient (Wildman–Crippen LogP) is 4.57. The summed E-state index contributed by atoms with van der Waals surface area (Å²) in [4.78, 5) is 38.7. The van der Waals surface area contributed by atoms with Gasteiger partial charge in [0.05, 0.1) is 6.61 Å². The Kier molecular flexibility index (Phi) is 7.47. The number of aliphatic carboxylic acids is 1. The molecule has 0 radical (unpaired) electrons. The molecule has 0 saturated carbocycles. The number of furan rings is 1. The first kappa shape index (κ1) is 25.8. The molecule has 1 unspecified atom stereocenters. The van der Waals surface area contributed by atoms with Crippen molar-refractivity contribution in [3.05, 3.63) is 84.1 Å². The summed E-state index contributed by atoms with van der Waals surface area (Å²) in [5.41, 5.74) is 0.774. The van der Waals surface area contributed by atoms with Crippen molar-refractivity contribution in [2.24, 2.45) is 5.92 Å². The molecule has 1 aliphatic rings. The van der Waals surface area contributed by atoms with E-state index in [-0.39, 0.29) is 18.1 Å². The van der Waals surface area contributed by atoms with E-state index >= 15 is 0 Å². The summed E-state index contributed by atoms with van der Waals surface area (Å²) in [7, 11) is 0. The van der Waals surface area contributed by atoms with Crippen LogP contribution in [0.4, 0.5) is 0 Å². The molecule has 0 bridgehead atoms. The van der Waals surface area contributed by atoms with Gasteiger partial charge in [0, 0.05) is 11.8 Å². The van der Waals surface area contributed by atoms with Crippen molar-refractivity contribution >= 4 is 34.3 Å². The number of nitrogens with one attached hydrogen (secondary N) is 2. The average molecular weight is 503 g/mol. The van der Waals surface area contributed by atoms with Crippen LogP contribution < -0.4 is 15.4 Å². The van der Waals surface area contributed by atoms with E-state index in [1.54, 1.807) is 50.3 Å². The van der Waals surface area contributed by atoms with Gasteiger partial charge in [0.1, 0.15) is 11.6 Å². The van der Waals surface area contributed by atoms with Crippen molar-refractivity contribution in [1.29, 1.82) is 0 Å². The molecule has 2 aromatic carbocycles. The second kappa shape index (κ2) is 10.7. The summed E-state index contributed by atoms with van der Waals surface area (Å²) in [6.07, 6.45) is 5.35. The van der Waals surface area contributed by atoms with E-state index in [4.69, 9.17) is 9.15 Å². The number of carboxylic acids is 1. The van der Waals surface area contributed by atoms with Gasteiger partial charge in [-0.25, -0.2) is 4.79 Å². The number of rotatable bonds is 9. The van der Waals surface area contributed by atoms with Crippen LogP contribution in [0.1, 0.15) is 43.3 Å². The largest absolute Gasteiger partial charge is 0.490 e. The summed E-state index contributed by atoms with van der Waals surface area (Å²) >= 11 is 0.